The molecule has 3 heteroatoms. The van der Waals surface area contributed by atoms with Crippen molar-refractivity contribution in [1.29, 1.82) is 0 Å². The highest BCUT2D eigenvalue weighted by Crippen LogP contribution is 2.22. The first-order valence-electron chi connectivity index (χ1n) is 8.26. The molecular weight excluding hydrogens is 310 g/mol. The van der Waals surface area contributed by atoms with Crippen LogP contribution in [0.1, 0.15) is 33.1 Å². The Balaban J connectivity index is 1.84. The molecule has 3 aromatic rings. The van der Waals surface area contributed by atoms with E-state index in [1.165, 1.54) is 0 Å². The van der Waals surface area contributed by atoms with Gasteiger partial charge in [-0.2, -0.15) is 0 Å². The summed E-state index contributed by atoms with van der Waals surface area (Å²) in [6.45, 7) is 0.540. The van der Waals surface area contributed by atoms with Crippen molar-refractivity contribution in [2.75, 3.05) is 7.11 Å². The maximum absolute atomic E-state index is 12.7. The topological polar surface area (TPSA) is 38.3 Å². The van der Waals surface area contributed by atoms with Gasteiger partial charge >= 0.3 is 0 Å². The van der Waals surface area contributed by atoms with Gasteiger partial charge in [0.25, 0.3) is 5.91 Å². The molecule has 0 aliphatic rings. The van der Waals surface area contributed by atoms with E-state index < -0.39 is 0 Å². The normalized spacial score (nSPS) is 10.6. The molecule has 0 saturated heterocycles. The Morgan fingerprint density at radius 3 is 1.84 bits per heavy atom. The third kappa shape index (κ3) is 4.34. The van der Waals surface area contributed by atoms with E-state index in [1.54, 1.807) is 7.11 Å². The number of ether oxygens (including phenoxy) is 1. The molecule has 3 rings (SSSR count). The number of rotatable bonds is 6. The fourth-order valence-corrected chi connectivity index (χ4v) is 2.78. The lowest BCUT2D eigenvalue weighted by atomic mass is 9.98. The van der Waals surface area contributed by atoms with E-state index in [0.29, 0.717) is 12.2 Å². The monoisotopic (exact) mass is 331 g/mol. The maximum atomic E-state index is 12.7. The smallest absolute Gasteiger partial charge is 0.252 e. The average Bonchev–Trinajstić information content (AvgIpc) is 2.68. The summed E-state index contributed by atoms with van der Waals surface area (Å²) in [5, 5.41) is 3.15. The van der Waals surface area contributed by atoms with Crippen LogP contribution in [0.25, 0.3) is 0 Å². The van der Waals surface area contributed by atoms with E-state index in [2.05, 4.69) is 5.32 Å². The van der Waals surface area contributed by atoms with Crippen molar-refractivity contribution in [3.63, 3.8) is 0 Å². The molecule has 126 valence electrons. The second kappa shape index (κ2) is 8.27. The first-order chi connectivity index (χ1) is 12.3. The average molecular weight is 331 g/mol. The van der Waals surface area contributed by atoms with Crippen LogP contribution in [0.4, 0.5) is 0 Å². The van der Waals surface area contributed by atoms with Gasteiger partial charge in [0.05, 0.1) is 12.6 Å². The van der Waals surface area contributed by atoms with Crippen molar-refractivity contribution in [1.82, 2.24) is 5.32 Å². The van der Waals surface area contributed by atoms with Crippen LogP contribution in [-0.2, 0) is 11.3 Å². The largest absolute Gasteiger partial charge is 0.380 e. The van der Waals surface area contributed by atoms with Gasteiger partial charge in [0.1, 0.15) is 0 Å². The second-order valence-corrected chi connectivity index (χ2v) is 5.86. The molecule has 0 aromatic heterocycles. The number of carbonyl (C=O) groups excluding carboxylic acids is 1. The number of hydrogen-bond donors (Lipinski definition) is 1. The molecule has 25 heavy (non-hydrogen) atoms. The molecule has 0 heterocycles. The van der Waals surface area contributed by atoms with Crippen LogP contribution in [0.5, 0.6) is 0 Å². The minimum atomic E-state index is -0.187. The van der Waals surface area contributed by atoms with Gasteiger partial charge in [0.2, 0.25) is 0 Å². The van der Waals surface area contributed by atoms with E-state index >= 15 is 0 Å². The number of carbonyl (C=O) groups is 1. The minimum absolute atomic E-state index is 0.0957. The molecule has 0 unspecified atom stereocenters. The Labute approximate surface area is 148 Å². The molecule has 3 nitrogen and oxygen atoms in total. The lowest BCUT2D eigenvalue weighted by Crippen LogP contribution is -2.29. The summed E-state index contributed by atoms with van der Waals surface area (Å²) in [4.78, 5) is 12.7. The maximum Gasteiger partial charge on any atom is 0.252 e. The molecule has 0 atom stereocenters. The molecule has 0 radical (unpaired) electrons. The fourth-order valence-electron chi connectivity index (χ4n) is 2.78. The minimum Gasteiger partial charge on any atom is -0.380 e. The Kier molecular flexibility index (Phi) is 5.60. The summed E-state index contributed by atoms with van der Waals surface area (Å²) < 4.78 is 5.11. The molecule has 0 aliphatic heterocycles. The molecule has 0 fully saturated rings. The highest BCUT2D eigenvalue weighted by Gasteiger charge is 2.17. The van der Waals surface area contributed by atoms with Gasteiger partial charge in [-0.25, -0.2) is 0 Å². The highest BCUT2D eigenvalue weighted by atomic mass is 16.5. The molecule has 0 aliphatic carbocycles. The van der Waals surface area contributed by atoms with Gasteiger partial charge in [-0.3, -0.25) is 4.79 Å². The molecule has 0 spiro atoms. The number of hydrogen-bond acceptors (Lipinski definition) is 2. The first kappa shape index (κ1) is 16.9. The Bertz CT molecular complexity index is 759. The van der Waals surface area contributed by atoms with Gasteiger partial charge in [0.15, 0.2) is 0 Å². The SMILES string of the molecule is COCc1ccc(C(=O)NC(c2ccccc2)c2ccccc2)cc1. The van der Waals surface area contributed by atoms with Crippen LogP contribution in [-0.4, -0.2) is 13.0 Å². The zero-order valence-electron chi connectivity index (χ0n) is 14.2. The summed E-state index contributed by atoms with van der Waals surface area (Å²) in [5.74, 6) is -0.0957. The van der Waals surface area contributed by atoms with Crippen molar-refractivity contribution < 1.29 is 9.53 Å². The molecule has 1 N–H and O–H groups in total. The van der Waals surface area contributed by atoms with Gasteiger partial charge in [-0.1, -0.05) is 72.8 Å². The Morgan fingerprint density at radius 2 is 1.36 bits per heavy atom. The predicted octanol–water partition coefficient (Wildman–Crippen LogP) is 4.35. The van der Waals surface area contributed by atoms with Crippen LogP contribution >= 0.6 is 0 Å². The van der Waals surface area contributed by atoms with Crippen molar-refractivity contribution in [3.8, 4) is 0 Å². The Morgan fingerprint density at radius 1 is 0.840 bits per heavy atom. The predicted molar refractivity (Wildman–Crippen MR) is 99.3 cm³/mol. The Hall–Kier alpha value is -2.91. The number of nitrogens with one attached hydrogen (secondary N) is 1. The number of amides is 1. The van der Waals surface area contributed by atoms with Crippen molar-refractivity contribution >= 4 is 5.91 Å². The van der Waals surface area contributed by atoms with Crippen LogP contribution in [0.2, 0.25) is 0 Å². The van der Waals surface area contributed by atoms with E-state index in [4.69, 9.17) is 4.74 Å². The summed E-state index contributed by atoms with van der Waals surface area (Å²) >= 11 is 0. The van der Waals surface area contributed by atoms with E-state index in [0.717, 1.165) is 16.7 Å². The molecule has 3 aromatic carbocycles. The van der Waals surface area contributed by atoms with Gasteiger partial charge in [-0.15, -0.1) is 0 Å². The molecule has 1 amide bonds. The molecule has 0 bridgehead atoms. The molecular formula is C22H21NO2. The standard InChI is InChI=1S/C22H21NO2/c1-25-16-17-12-14-20(15-13-17)22(24)23-21(18-8-4-2-5-9-18)19-10-6-3-7-11-19/h2-15,21H,16H2,1H3,(H,23,24). The summed E-state index contributed by atoms with van der Waals surface area (Å²) in [6.07, 6.45) is 0. The van der Waals surface area contributed by atoms with E-state index in [9.17, 15) is 4.79 Å². The van der Waals surface area contributed by atoms with Crippen LogP contribution < -0.4 is 5.32 Å². The van der Waals surface area contributed by atoms with E-state index in [-0.39, 0.29) is 11.9 Å². The first-order valence-corrected chi connectivity index (χ1v) is 8.26. The van der Waals surface area contributed by atoms with E-state index in [1.807, 2.05) is 84.9 Å². The lowest BCUT2D eigenvalue weighted by molar-refractivity contribution is 0.0943. The van der Waals surface area contributed by atoms with Gasteiger partial charge in [-0.05, 0) is 28.8 Å². The van der Waals surface area contributed by atoms with Crippen molar-refractivity contribution in [3.05, 3.63) is 107 Å². The number of benzene rings is 3. The molecule has 0 saturated carbocycles. The third-order valence-corrected chi connectivity index (χ3v) is 4.07. The highest BCUT2D eigenvalue weighted by molar-refractivity contribution is 5.94. The van der Waals surface area contributed by atoms with Crippen LogP contribution in [0, 0.1) is 0 Å². The quantitative estimate of drug-likeness (QED) is 0.729. The van der Waals surface area contributed by atoms with Crippen molar-refractivity contribution in [2.45, 2.75) is 12.6 Å². The van der Waals surface area contributed by atoms with Crippen molar-refractivity contribution in [2.24, 2.45) is 0 Å². The second-order valence-electron chi connectivity index (χ2n) is 5.86. The van der Waals surface area contributed by atoms with Gasteiger partial charge in [0, 0.05) is 12.7 Å². The zero-order valence-corrected chi connectivity index (χ0v) is 14.2. The van der Waals surface area contributed by atoms with Gasteiger partial charge < -0.3 is 10.1 Å². The third-order valence-electron chi connectivity index (χ3n) is 4.07. The number of methoxy groups -OCH3 is 1. The lowest BCUT2D eigenvalue weighted by Gasteiger charge is -2.20. The van der Waals surface area contributed by atoms with Crippen LogP contribution in [0.3, 0.4) is 0 Å². The summed E-state index contributed by atoms with van der Waals surface area (Å²) in [7, 11) is 1.66. The zero-order chi connectivity index (χ0) is 17.5. The summed E-state index contributed by atoms with van der Waals surface area (Å²) in [5.41, 5.74) is 3.79. The summed E-state index contributed by atoms with van der Waals surface area (Å²) in [6, 6.07) is 27.3. The fraction of sp³-hybridized carbons (Fsp3) is 0.136. The van der Waals surface area contributed by atoms with Crippen LogP contribution in [0.15, 0.2) is 84.9 Å².